The second-order valence-corrected chi connectivity index (χ2v) is 10.2. The lowest BCUT2D eigenvalue weighted by atomic mass is 10.1. The molecule has 0 atom stereocenters. The Balaban J connectivity index is 1.35. The topological polar surface area (TPSA) is 128 Å². The standard InChI is InChI=1S/C32H29N7O4/c1-2-3-18-37(27(40)19-38-25-14-6-4-10-21(25)31(42)35-23-12-8-16-33-29(23)38)28(41)20-39-26-15-7-5-11-22(26)32(43)36-24-13-9-17-34-30(24)39/h4-17H,2-3,18-20H2,1H3,(H,35,42)(H,36,43). The van der Waals surface area contributed by atoms with Crippen molar-refractivity contribution in [3.8, 4) is 0 Å². The summed E-state index contributed by atoms with van der Waals surface area (Å²) >= 11 is 0. The largest absolute Gasteiger partial charge is 0.319 e. The third-order valence-corrected chi connectivity index (χ3v) is 7.38. The Bertz CT molecular complexity index is 1620. The van der Waals surface area contributed by atoms with Gasteiger partial charge in [0.25, 0.3) is 11.8 Å². The number of carbonyl (C=O) groups excluding carboxylic acids is 4. The molecule has 11 nitrogen and oxygen atoms in total. The van der Waals surface area contributed by atoms with Crippen molar-refractivity contribution in [2.75, 3.05) is 40.1 Å². The molecule has 0 bridgehead atoms. The Morgan fingerprint density at radius 3 is 1.63 bits per heavy atom. The number of imide groups is 1. The molecule has 216 valence electrons. The van der Waals surface area contributed by atoms with Gasteiger partial charge in [-0.05, 0) is 55.0 Å². The Morgan fingerprint density at radius 2 is 1.16 bits per heavy atom. The van der Waals surface area contributed by atoms with Crippen LogP contribution in [0.5, 0.6) is 0 Å². The molecule has 2 aromatic heterocycles. The second kappa shape index (κ2) is 11.7. The first kappa shape index (κ1) is 27.6. The summed E-state index contributed by atoms with van der Waals surface area (Å²) < 4.78 is 0. The van der Waals surface area contributed by atoms with Crippen molar-refractivity contribution in [2.24, 2.45) is 0 Å². The molecule has 4 amide bonds. The van der Waals surface area contributed by atoms with Gasteiger partial charge in [-0.15, -0.1) is 0 Å². The van der Waals surface area contributed by atoms with Crippen molar-refractivity contribution in [1.82, 2.24) is 14.9 Å². The van der Waals surface area contributed by atoms with Crippen molar-refractivity contribution in [2.45, 2.75) is 19.8 Å². The van der Waals surface area contributed by atoms with Crippen LogP contribution in [0.25, 0.3) is 0 Å². The average Bonchev–Trinajstić information content (AvgIpc) is 3.22. The lowest BCUT2D eigenvalue weighted by Gasteiger charge is -2.30. The van der Waals surface area contributed by atoms with Gasteiger partial charge >= 0.3 is 0 Å². The summed E-state index contributed by atoms with van der Waals surface area (Å²) in [6, 6.07) is 20.8. The minimum absolute atomic E-state index is 0.206. The second-order valence-electron chi connectivity index (χ2n) is 10.2. The highest BCUT2D eigenvalue weighted by Crippen LogP contribution is 2.37. The monoisotopic (exact) mass is 575 g/mol. The average molecular weight is 576 g/mol. The van der Waals surface area contributed by atoms with Gasteiger partial charge in [-0.1, -0.05) is 37.6 Å². The fourth-order valence-electron chi connectivity index (χ4n) is 5.29. The number of pyridine rings is 2. The molecule has 6 rings (SSSR count). The Hall–Kier alpha value is -5.58. The van der Waals surface area contributed by atoms with Crippen LogP contribution in [0.1, 0.15) is 40.5 Å². The summed E-state index contributed by atoms with van der Waals surface area (Å²) in [6.07, 6.45) is 4.55. The van der Waals surface area contributed by atoms with E-state index in [0.717, 1.165) is 6.42 Å². The number of hydrogen-bond donors (Lipinski definition) is 2. The molecular formula is C32H29N7O4. The molecular weight excluding hydrogens is 546 g/mol. The molecule has 43 heavy (non-hydrogen) atoms. The molecule has 2 N–H and O–H groups in total. The van der Waals surface area contributed by atoms with Gasteiger partial charge in [-0.3, -0.25) is 24.1 Å². The van der Waals surface area contributed by atoms with Crippen LogP contribution in [-0.4, -0.2) is 58.1 Å². The quantitative estimate of drug-likeness (QED) is 0.324. The predicted octanol–water partition coefficient (Wildman–Crippen LogP) is 4.74. The van der Waals surface area contributed by atoms with Crippen LogP contribution in [0.2, 0.25) is 0 Å². The lowest BCUT2D eigenvalue weighted by Crippen LogP contribution is -2.47. The van der Waals surface area contributed by atoms with Crippen molar-refractivity contribution >= 4 is 58.0 Å². The number of aromatic nitrogens is 2. The highest BCUT2D eigenvalue weighted by Gasteiger charge is 2.33. The maximum Gasteiger partial charge on any atom is 0.257 e. The number of fused-ring (bicyclic) bond motifs is 4. The minimum atomic E-state index is -0.447. The predicted molar refractivity (Wildman–Crippen MR) is 163 cm³/mol. The molecule has 0 radical (unpaired) electrons. The van der Waals surface area contributed by atoms with E-state index in [2.05, 4.69) is 20.6 Å². The molecule has 0 unspecified atom stereocenters. The molecule has 2 aromatic carbocycles. The summed E-state index contributed by atoms with van der Waals surface area (Å²) in [5, 5.41) is 5.74. The lowest BCUT2D eigenvalue weighted by molar-refractivity contribution is -0.143. The number of amides is 4. The van der Waals surface area contributed by atoms with E-state index in [9.17, 15) is 19.2 Å². The maximum atomic E-state index is 14.1. The van der Waals surface area contributed by atoms with Crippen LogP contribution in [0, 0.1) is 0 Å². The molecule has 2 aliphatic heterocycles. The molecule has 11 heteroatoms. The van der Waals surface area contributed by atoms with Gasteiger partial charge in [0.15, 0.2) is 11.6 Å². The summed E-state index contributed by atoms with van der Waals surface area (Å²) in [6.45, 7) is 1.74. The Kier molecular flexibility index (Phi) is 7.52. The van der Waals surface area contributed by atoms with Gasteiger partial charge < -0.3 is 20.4 Å². The van der Waals surface area contributed by atoms with E-state index in [1.54, 1.807) is 95.0 Å². The zero-order valence-electron chi connectivity index (χ0n) is 23.5. The number of unbranched alkanes of at least 4 members (excludes halogenated alkanes) is 1. The highest BCUT2D eigenvalue weighted by molar-refractivity contribution is 6.14. The summed E-state index contributed by atoms with van der Waals surface area (Å²) in [5.74, 6) is -0.710. The minimum Gasteiger partial charge on any atom is -0.319 e. The van der Waals surface area contributed by atoms with Crippen LogP contribution in [0.3, 0.4) is 0 Å². The maximum absolute atomic E-state index is 14.1. The van der Waals surface area contributed by atoms with Gasteiger partial charge in [-0.25, -0.2) is 9.97 Å². The van der Waals surface area contributed by atoms with Gasteiger partial charge in [0.1, 0.15) is 13.1 Å². The zero-order chi connectivity index (χ0) is 29.9. The van der Waals surface area contributed by atoms with Gasteiger partial charge in [-0.2, -0.15) is 0 Å². The number of para-hydroxylation sites is 2. The van der Waals surface area contributed by atoms with Crippen LogP contribution in [0.4, 0.5) is 34.4 Å². The van der Waals surface area contributed by atoms with Crippen molar-refractivity contribution in [3.63, 3.8) is 0 Å². The van der Waals surface area contributed by atoms with E-state index in [-0.39, 0.29) is 31.4 Å². The van der Waals surface area contributed by atoms with Crippen LogP contribution in [-0.2, 0) is 9.59 Å². The van der Waals surface area contributed by atoms with Crippen LogP contribution >= 0.6 is 0 Å². The number of nitrogens with zero attached hydrogens (tertiary/aromatic N) is 5. The molecule has 0 saturated heterocycles. The number of anilines is 6. The Labute approximate surface area is 248 Å². The Morgan fingerprint density at radius 1 is 0.698 bits per heavy atom. The number of hydrogen-bond acceptors (Lipinski definition) is 8. The van der Waals surface area contributed by atoms with Crippen molar-refractivity contribution in [3.05, 3.63) is 96.3 Å². The van der Waals surface area contributed by atoms with Gasteiger partial charge in [0, 0.05) is 18.9 Å². The molecule has 0 spiro atoms. The highest BCUT2D eigenvalue weighted by atomic mass is 16.2. The van der Waals surface area contributed by atoms with E-state index >= 15 is 0 Å². The third-order valence-electron chi connectivity index (χ3n) is 7.38. The normalized spacial score (nSPS) is 13.3. The summed E-state index contributed by atoms with van der Waals surface area (Å²) in [4.78, 5) is 67.6. The zero-order valence-corrected chi connectivity index (χ0v) is 23.5. The SMILES string of the molecule is CCCCN(C(=O)CN1c2ccccc2C(=O)Nc2cccnc21)C(=O)CN1c2ccccc2C(=O)Nc2cccnc21. The summed E-state index contributed by atoms with van der Waals surface area (Å²) in [7, 11) is 0. The van der Waals surface area contributed by atoms with Crippen molar-refractivity contribution < 1.29 is 19.2 Å². The number of nitrogens with one attached hydrogen (secondary N) is 2. The molecule has 4 heterocycles. The van der Waals surface area contributed by atoms with Crippen LogP contribution < -0.4 is 20.4 Å². The molecule has 2 aliphatic rings. The molecule has 0 saturated carbocycles. The summed E-state index contributed by atoms with van der Waals surface area (Å²) in [5.41, 5.74) is 2.73. The fourth-order valence-corrected chi connectivity index (χ4v) is 5.29. The van der Waals surface area contributed by atoms with E-state index in [1.807, 2.05) is 6.92 Å². The molecule has 0 aliphatic carbocycles. The smallest absolute Gasteiger partial charge is 0.257 e. The van der Waals surface area contributed by atoms with Gasteiger partial charge in [0.05, 0.1) is 33.9 Å². The first-order valence-corrected chi connectivity index (χ1v) is 14.1. The third kappa shape index (κ3) is 5.28. The molecule has 0 fully saturated rings. The number of rotatable bonds is 7. The number of carbonyl (C=O) groups is 4. The first-order valence-electron chi connectivity index (χ1n) is 14.1. The van der Waals surface area contributed by atoms with Gasteiger partial charge in [0.2, 0.25) is 11.8 Å². The molecule has 4 aromatic rings. The van der Waals surface area contributed by atoms with E-state index < -0.39 is 11.8 Å². The van der Waals surface area contributed by atoms with E-state index in [1.165, 1.54) is 4.90 Å². The van der Waals surface area contributed by atoms with E-state index in [0.29, 0.717) is 51.9 Å². The fraction of sp³-hybridized carbons (Fsp3) is 0.188. The van der Waals surface area contributed by atoms with E-state index in [4.69, 9.17) is 0 Å². The van der Waals surface area contributed by atoms with Crippen LogP contribution in [0.15, 0.2) is 85.2 Å². The van der Waals surface area contributed by atoms with Crippen molar-refractivity contribution in [1.29, 1.82) is 0 Å². The number of benzene rings is 2. The first-order chi connectivity index (χ1) is 21.0.